The molecule has 19 heavy (non-hydrogen) atoms. The van der Waals surface area contributed by atoms with Crippen LogP contribution in [0, 0.1) is 13.8 Å². The zero-order chi connectivity index (χ0) is 14.5. The van der Waals surface area contributed by atoms with Crippen molar-refractivity contribution < 1.29 is 26.5 Å². The number of nitrogens with one attached hydrogen (secondary N) is 1. The molecule has 1 aromatic rings. The minimum absolute atomic E-state index is 0.133. The van der Waals surface area contributed by atoms with Gasteiger partial charge in [0.15, 0.2) is 0 Å². The van der Waals surface area contributed by atoms with Crippen LogP contribution in [0.1, 0.15) is 11.1 Å². The van der Waals surface area contributed by atoms with Crippen LogP contribution in [-0.2, 0) is 15.0 Å². The van der Waals surface area contributed by atoms with Gasteiger partial charge in [-0.3, -0.25) is 0 Å². The molecular formula is C11H14FNO5S. The standard InChI is InChI=1S/C11H14FNO5S/c1-8-4-3-5-9(2)10(8)18-19(15,16)13-11(14)17-7-6-12/h3-5H,6-7H2,1-2H3,(H,13,14). The van der Waals surface area contributed by atoms with Crippen molar-refractivity contribution in [3.8, 4) is 5.75 Å². The fourth-order valence-corrected chi connectivity index (χ4v) is 2.11. The first-order valence-electron chi connectivity index (χ1n) is 5.37. The van der Waals surface area contributed by atoms with Gasteiger partial charge < -0.3 is 8.92 Å². The fraction of sp³-hybridized carbons (Fsp3) is 0.364. The summed E-state index contributed by atoms with van der Waals surface area (Å²) in [5.41, 5.74) is 1.20. The quantitative estimate of drug-likeness (QED) is 0.891. The van der Waals surface area contributed by atoms with Gasteiger partial charge in [0.1, 0.15) is 19.0 Å². The summed E-state index contributed by atoms with van der Waals surface area (Å²) in [5, 5.41) is 0. The van der Waals surface area contributed by atoms with Crippen LogP contribution in [0.15, 0.2) is 18.2 Å². The van der Waals surface area contributed by atoms with Gasteiger partial charge >= 0.3 is 16.4 Å². The summed E-state index contributed by atoms with van der Waals surface area (Å²) in [4.78, 5) is 11.0. The van der Waals surface area contributed by atoms with Crippen molar-refractivity contribution in [2.45, 2.75) is 13.8 Å². The Hall–Kier alpha value is -1.83. The summed E-state index contributed by atoms with van der Waals surface area (Å²) in [6.45, 7) is 1.91. The highest BCUT2D eigenvalue weighted by Gasteiger charge is 2.19. The van der Waals surface area contributed by atoms with E-state index in [0.717, 1.165) is 0 Å². The van der Waals surface area contributed by atoms with Gasteiger partial charge in [-0.05, 0) is 25.0 Å². The maximum Gasteiger partial charge on any atom is 0.423 e. The molecule has 8 heteroatoms. The summed E-state index contributed by atoms with van der Waals surface area (Å²) in [5.74, 6) is 0.133. The van der Waals surface area contributed by atoms with E-state index in [1.165, 1.54) is 4.72 Å². The van der Waals surface area contributed by atoms with Crippen molar-refractivity contribution in [1.29, 1.82) is 0 Å². The molecule has 0 atom stereocenters. The van der Waals surface area contributed by atoms with Gasteiger partial charge in [-0.15, -0.1) is 0 Å². The van der Waals surface area contributed by atoms with Crippen LogP contribution in [-0.4, -0.2) is 27.8 Å². The number of benzene rings is 1. The van der Waals surface area contributed by atoms with Gasteiger partial charge in [-0.1, -0.05) is 18.2 Å². The third-order valence-corrected chi connectivity index (χ3v) is 2.92. The number of para-hydroxylation sites is 1. The van der Waals surface area contributed by atoms with Gasteiger partial charge in [-0.25, -0.2) is 9.18 Å². The number of amides is 1. The number of alkyl halides is 1. The number of hydrogen-bond donors (Lipinski definition) is 1. The summed E-state index contributed by atoms with van der Waals surface area (Å²) >= 11 is 0. The number of halogens is 1. The lowest BCUT2D eigenvalue weighted by atomic mass is 10.1. The molecule has 0 aliphatic heterocycles. The minimum atomic E-state index is -4.36. The van der Waals surface area contributed by atoms with Gasteiger partial charge in [-0.2, -0.15) is 13.1 Å². The zero-order valence-corrected chi connectivity index (χ0v) is 11.3. The SMILES string of the molecule is Cc1cccc(C)c1OS(=O)(=O)NC(=O)OCCF. The van der Waals surface area contributed by atoms with Gasteiger partial charge in [0.05, 0.1) is 0 Å². The summed E-state index contributed by atoms with van der Waals surface area (Å²) in [6.07, 6.45) is -1.29. The van der Waals surface area contributed by atoms with Crippen LogP contribution in [0.25, 0.3) is 0 Å². The van der Waals surface area contributed by atoms with E-state index < -0.39 is 29.7 Å². The molecule has 1 rings (SSSR count). The molecule has 0 bridgehead atoms. The normalized spacial score (nSPS) is 10.9. The van der Waals surface area contributed by atoms with Crippen LogP contribution in [0.4, 0.5) is 9.18 Å². The number of carbonyl (C=O) groups excluding carboxylic acids is 1. The fourth-order valence-electron chi connectivity index (χ4n) is 1.32. The summed E-state index contributed by atoms with van der Waals surface area (Å²) < 4.78 is 45.4. The number of rotatable bonds is 5. The van der Waals surface area contributed by atoms with E-state index in [-0.39, 0.29) is 5.75 Å². The smallest absolute Gasteiger partial charge is 0.423 e. The van der Waals surface area contributed by atoms with Crippen molar-refractivity contribution in [1.82, 2.24) is 4.72 Å². The molecule has 1 amide bonds. The van der Waals surface area contributed by atoms with Crippen LogP contribution in [0.5, 0.6) is 5.75 Å². The van der Waals surface area contributed by atoms with Crippen molar-refractivity contribution in [2.24, 2.45) is 0 Å². The Labute approximate surface area is 110 Å². The van der Waals surface area contributed by atoms with Gasteiger partial charge in [0, 0.05) is 0 Å². The summed E-state index contributed by atoms with van der Waals surface area (Å²) in [7, 11) is -4.36. The minimum Gasteiger partial charge on any atom is -0.446 e. The number of ether oxygens (including phenoxy) is 1. The highest BCUT2D eigenvalue weighted by atomic mass is 32.2. The van der Waals surface area contributed by atoms with Crippen LogP contribution >= 0.6 is 0 Å². The lowest BCUT2D eigenvalue weighted by molar-refractivity contribution is 0.143. The molecule has 0 fully saturated rings. The third kappa shape index (κ3) is 4.74. The lowest BCUT2D eigenvalue weighted by Gasteiger charge is -2.12. The van der Waals surface area contributed by atoms with E-state index in [0.29, 0.717) is 11.1 Å². The average Bonchev–Trinajstić information content (AvgIpc) is 2.31. The Balaban J connectivity index is 2.77. The van der Waals surface area contributed by atoms with E-state index in [2.05, 4.69) is 4.74 Å². The molecule has 0 spiro atoms. The summed E-state index contributed by atoms with van der Waals surface area (Å²) in [6, 6.07) is 5.08. The van der Waals surface area contributed by atoms with E-state index in [9.17, 15) is 17.6 Å². The lowest BCUT2D eigenvalue weighted by Crippen LogP contribution is -2.35. The monoisotopic (exact) mass is 291 g/mol. The molecule has 0 unspecified atom stereocenters. The predicted molar refractivity (Wildman–Crippen MR) is 65.9 cm³/mol. The van der Waals surface area contributed by atoms with Crippen molar-refractivity contribution in [3.05, 3.63) is 29.3 Å². The third-order valence-electron chi connectivity index (χ3n) is 2.12. The average molecular weight is 291 g/mol. The topological polar surface area (TPSA) is 81.7 Å². The molecule has 0 aromatic heterocycles. The molecular weight excluding hydrogens is 277 g/mol. The Kier molecular flexibility index (Phi) is 5.11. The van der Waals surface area contributed by atoms with Gasteiger partial charge in [0.2, 0.25) is 0 Å². The number of carbonyl (C=O) groups is 1. The Morgan fingerprint density at radius 1 is 1.32 bits per heavy atom. The molecule has 0 radical (unpaired) electrons. The molecule has 0 aliphatic rings. The zero-order valence-electron chi connectivity index (χ0n) is 10.5. The van der Waals surface area contributed by atoms with Crippen LogP contribution < -0.4 is 8.91 Å². The van der Waals surface area contributed by atoms with Crippen molar-refractivity contribution in [2.75, 3.05) is 13.3 Å². The molecule has 1 aromatic carbocycles. The Morgan fingerprint density at radius 3 is 2.42 bits per heavy atom. The Morgan fingerprint density at radius 2 is 1.89 bits per heavy atom. The molecule has 0 aliphatic carbocycles. The first-order valence-corrected chi connectivity index (χ1v) is 6.77. The molecule has 6 nitrogen and oxygen atoms in total. The predicted octanol–water partition coefficient (Wildman–Crippen LogP) is 1.62. The molecule has 1 N–H and O–H groups in total. The molecule has 0 heterocycles. The Bertz CT molecular complexity index is 538. The number of hydrogen-bond acceptors (Lipinski definition) is 5. The van der Waals surface area contributed by atoms with Gasteiger partial charge in [0.25, 0.3) is 0 Å². The first kappa shape index (κ1) is 15.2. The largest absolute Gasteiger partial charge is 0.446 e. The first-order chi connectivity index (χ1) is 8.85. The van der Waals surface area contributed by atoms with Crippen LogP contribution in [0.2, 0.25) is 0 Å². The maximum absolute atomic E-state index is 11.8. The van der Waals surface area contributed by atoms with Crippen LogP contribution in [0.3, 0.4) is 0 Å². The molecule has 0 saturated carbocycles. The van der Waals surface area contributed by atoms with Crippen molar-refractivity contribution in [3.63, 3.8) is 0 Å². The second kappa shape index (κ2) is 6.37. The van der Waals surface area contributed by atoms with E-state index >= 15 is 0 Å². The second-order valence-electron chi connectivity index (χ2n) is 3.69. The molecule has 0 saturated heterocycles. The maximum atomic E-state index is 11.8. The van der Waals surface area contributed by atoms with E-state index in [1.54, 1.807) is 32.0 Å². The second-order valence-corrected chi connectivity index (χ2v) is 4.96. The highest BCUT2D eigenvalue weighted by Crippen LogP contribution is 2.23. The van der Waals surface area contributed by atoms with Crippen molar-refractivity contribution >= 4 is 16.4 Å². The van der Waals surface area contributed by atoms with E-state index in [1.807, 2.05) is 0 Å². The number of aryl methyl sites for hydroxylation is 2. The van der Waals surface area contributed by atoms with E-state index in [4.69, 9.17) is 4.18 Å². The molecule has 106 valence electrons. The highest BCUT2D eigenvalue weighted by molar-refractivity contribution is 7.85.